The summed E-state index contributed by atoms with van der Waals surface area (Å²) >= 11 is 0. The van der Waals surface area contributed by atoms with Gasteiger partial charge in [0.25, 0.3) is 0 Å². The quantitative estimate of drug-likeness (QED) is 0.733. The molecule has 0 spiro atoms. The van der Waals surface area contributed by atoms with Gasteiger partial charge in [-0.1, -0.05) is 37.3 Å². The summed E-state index contributed by atoms with van der Waals surface area (Å²) in [6, 6.07) is 9.01. The number of esters is 1. The number of carbonyl (C=O) groups excluding carboxylic acids is 1. The van der Waals surface area contributed by atoms with E-state index < -0.39 is 21.6 Å². The Hall–Kier alpha value is -1.40. The lowest BCUT2D eigenvalue weighted by Crippen LogP contribution is -2.31. The fourth-order valence-electron chi connectivity index (χ4n) is 1.90. The van der Waals surface area contributed by atoms with E-state index in [-0.39, 0.29) is 18.4 Å². The Bertz CT molecular complexity index is 513. The van der Waals surface area contributed by atoms with Crippen LogP contribution < -0.4 is 5.32 Å². The summed E-state index contributed by atoms with van der Waals surface area (Å²) in [6.45, 7) is 4.39. The second-order valence-electron chi connectivity index (χ2n) is 4.38. The largest absolute Gasteiger partial charge is 0.465 e. The first kappa shape index (κ1) is 16.7. The van der Waals surface area contributed by atoms with Crippen molar-refractivity contribution in [2.45, 2.75) is 19.9 Å². The first-order chi connectivity index (χ1) is 9.48. The molecule has 0 aromatic heterocycles. The van der Waals surface area contributed by atoms with Gasteiger partial charge in [0.05, 0.1) is 12.4 Å². The fourth-order valence-corrected chi connectivity index (χ4v) is 3.28. The molecule has 1 unspecified atom stereocenters. The van der Waals surface area contributed by atoms with E-state index >= 15 is 0 Å². The van der Waals surface area contributed by atoms with Crippen LogP contribution in [0.3, 0.4) is 0 Å². The van der Waals surface area contributed by atoms with Crippen molar-refractivity contribution in [2.75, 3.05) is 24.7 Å². The van der Waals surface area contributed by atoms with Crippen LogP contribution in [0.4, 0.5) is 0 Å². The number of benzene rings is 1. The van der Waals surface area contributed by atoms with E-state index in [0.717, 1.165) is 5.56 Å². The first-order valence-electron chi connectivity index (χ1n) is 6.63. The smallest absolute Gasteiger partial charge is 0.321 e. The molecule has 112 valence electrons. The van der Waals surface area contributed by atoms with Gasteiger partial charge in [0.15, 0.2) is 9.84 Å². The molecule has 1 aromatic rings. The molecule has 1 aromatic carbocycles. The summed E-state index contributed by atoms with van der Waals surface area (Å²) in [5.74, 6) is -1.39. The van der Waals surface area contributed by atoms with Crippen LogP contribution >= 0.6 is 0 Å². The number of ether oxygens (including phenoxy) is 1. The molecule has 0 aliphatic carbocycles. The van der Waals surface area contributed by atoms with Crippen molar-refractivity contribution in [3.8, 4) is 0 Å². The van der Waals surface area contributed by atoms with Gasteiger partial charge in [0.2, 0.25) is 0 Å². The van der Waals surface area contributed by atoms with Gasteiger partial charge in [-0.05, 0) is 19.0 Å². The Kier molecular flexibility index (Phi) is 6.67. The molecule has 1 rings (SSSR count). The van der Waals surface area contributed by atoms with Gasteiger partial charge >= 0.3 is 5.97 Å². The molecule has 0 heterocycles. The molecule has 1 atom stereocenters. The normalized spacial score (nSPS) is 12.9. The van der Waals surface area contributed by atoms with Crippen molar-refractivity contribution in [1.29, 1.82) is 0 Å². The van der Waals surface area contributed by atoms with E-state index in [1.807, 2.05) is 37.3 Å². The number of hydrogen-bond donors (Lipinski definition) is 1. The molecule has 6 heteroatoms. The molecular weight excluding hydrogens is 278 g/mol. The van der Waals surface area contributed by atoms with Crippen LogP contribution in [0, 0.1) is 0 Å². The molecule has 0 amide bonds. The Labute approximate surface area is 120 Å². The summed E-state index contributed by atoms with van der Waals surface area (Å²) in [4.78, 5) is 11.3. The van der Waals surface area contributed by atoms with Crippen LogP contribution in [-0.4, -0.2) is 39.0 Å². The Balaban J connectivity index is 2.77. The highest BCUT2D eigenvalue weighted by Crippen LogP contribution is 2.15. The molecule has 0 aliphatic heterocycles. The molecule has 0 aliphatic rings. The van der Waals surface area contributed by atoms with E-state index in [2.05, 4.69) is 10.1 Å². The summed E-state index contributed by atoms with van der Waals surface area (Å²) in [6.07, 6.45) is 0. The zero-order chi connectivity index (χ0) is 15.0. The maximum absolute atomic E-state index is 12.0. The van der Waals surface area contributed by atoms with Crippen LogP contribution in [0.25, 0.3) is 0 Å². The van der Waals surface area contributed by atoms with Gasteiger partial charge in [-0.25, -0.2) is 8.42 Å². The third kappa shape index (κ3) is 5.71. The number of rotatable bonds is 8. The zero-order valence-electron chi connectivity index (χ0n) is 11.8. The molecule has 0 radical (unpaired) electrons. The Morgan fingerprint density at radius 1 is 1.25 bits per heavy atom. The third-order valence-corrected chi connectivity index (χ3v) is 4.23. The molecule has 0 fully saturated rings. The van der Waals surface area contributed by atoms with Crippen LogP contribution in [-0.2, 0) is 19.4 Å². The number of carbonyl (C=O) groups is 1. The van der Waals surface area contributed by atoms with Crippen LogP contribution in [0.15, 0.2) is 30.3 Å². The number of sulfone groups is 1. The average molecular weight is 299 g/mol. The molecule has 5 nitrogen and oxygen atoms in total. The highest BCUT2D eigenvalue weighted by molar-refractivity contribution is 7.92. The topological polar surface area (TPSA) is 72.5 Å². The minimum absolute atomic E-state index is 0.121. The van der Waals surface area contributed by atoms with Gasteiger partial charge in [0, 0.05) is 6.04 Å². The van der Waals surface area contributed by atoms with Crippen LogP contribution in [0.1, 0.15) is 25.5 Å². The van der Waals surface area contributed by atoms with Crippen LogP contribution in [0.5, 0.6) is 0 Å². The minimum Gasteiger partial charge on any atom is -0.465 e. The first-order valence-corrected chi connectivity index (χ1v) is 8.45. The predicted octanol–water partition coefficient (Wildman–Crippen LogP) is 1.32. The van der Waals surface area contributed by atoms with Crippen molar-refractivity contribution < 1.29 is 17.9 Å². The van der Waals surface area contributed by atoms with Gasteiger partial charge in [-0.2, -0.15) is 0 Å². The standard InChI is InChI=1S/C14H21NO4S/c1-3-15-13(12-8-6-5-7-9-12)10-20(17,18)11-14(16)19-4-2/h5-9,13,15H,3-4,10-11H2,1-2H3. The molecular formula is C14H21NO4S. The van der Waals surface area contributed by atoms with E-state index in [1.54, 1.807) is 6.92 Å². The molecule has 0 bridgehead atoms. The van der Waals surface area contributed by atoms with Crippen molar-refractivity contribution in [1.82, 2.24) is 5.32 Å². The molecule has 0 saturated heterocycles. The summed E-state index contributed by atoms with van der Waals surface area (Å²) in [5.41, 5.74) is 0.891. The highest BCUT2D eigenvalue weighted by Gasteiger charge is 2.23. The van der Waals surface area contributed by atoms with E-state index in [4.69, 9.17) is 0 Å². The number of nitrogens with one attached hydrogen (secondary N) is 1. The highest BCUT2D eigenvalue weighted by atomic mass is 32.2. The zero-order valence-corrected chi connectivity index (χ0v) is 12.7. The van der Waals surface area contributed by atoms with Crippen molar-refractivity contribution in [2.24, 2.45) is 0 Å². The van der Waals surface area contributed by atoms with Crippen molar-refractivity contribution >= 4 is 15.8 Å². The summed E-state index contributed by atoms with van der Waals surface area (Å²) in [5, 5.41) is 3.13. The SMILES string of the molecule is CCNC(CS(=O)(=O)CC(=O)OCC)c1ccccc1. The minimum atomic E-state index is -3.51. The predicted molar refractivity (Wildman–Crippen MR) is 78.1 cm³/mol. The molecule has 0 saturated carbocycles. The van der Waals surface area contributed by atoms with Gasteiger partial charge in [0.1, 0.15) is 5.75 Å². The lowest BCUT2D eigenvalue weighted by atomic mass is 10.1. The Morgan fingerprint density at radius 2 is 1.90 bits per heavy atom. The van der Waals surface area contributed by atoms with E-state index in [1.165, 1.54) is 0 Å². The summed E-state index contributed by atoms with van der Waals surface area (Å²) < 4.78 is 28.8. The van der Waals surface area contributed by atoms with Crippen LogP contribution in [0.2, 0.25) is 0 Å². The van der Waals surface area contributed by atoms with Crippen molar-refractivity contribution in [3.63, 3.8) is 0 Å². The van der Waals surface area contributed by atoms with Gasteiger partial charge in [-0.3, -0.25) is 4.79 Å². The Morgan fingerprint density at radius 3 is 2.45 bits per heavy atom. The maximum atomic E-state index is 12.0. The summed E-state index contributed by atoms with van der Waals surface area (Å²) in [7, 11) is -3.51. The molecule has 20 heavy (non-hydrogen) atoms. The number of hydrogen-bond acceptors (Lipinski definition) is 5. The fraction of sp³-hybridized carbons (Fsp3) is 0.500. The maximum Gasteiger partial charge on any atom is 0.321 e. The third-order valence-electron chi connectivity index (χ3n) is 2.72. The molecule has 1 N–H and O–H groups in total. The van der Waals surface area contributed by atoms with Gasteiger partial charge < -0.3 is 10.1 Å². The lowest BCUT2D eigenvalue weighted by molar-refractivity contribution is -0.139. The van der Waals surface area contributed by atoms with E-state index in [0.29, 0.717) is 6.54 Å². The monoisotopic (exact) mass is 299 g/mol. The van der Waals surface area contributed by atoms with Crippen molar-refractivity contribution in [3.05, 3.63) is 35.9 Å². The van der Waals surface area contributed by atoms with Gasteiger partial charge in [-0.15, -0.1) is 0 Å². The second kappa shape index (κ2) is 8.01. The van der Waals surface area contributed by atoms with E-state index in [9.17, 15) is 13.2 Å². The second-order valence-corrected chi connectivity index (χ2v) is 6.49. The lowest BCUT2D eigenvalue weighted by Gasteiger charge is -2.18. The average Bonchev–Trinajstić information content (AvgIpc) is 2.38.